The fourth-order valence-electron chi connectivity index (χ4n) is 1.85. The number of benzene rings is 1. The summed E-state index contributed by atoms with van der Waals surface area (Å²) in [5.41, 5.74) is 0.845. The molecule has 0 heterocycles. The van der Waals surface area contributed by atoms with E-state index in [1.54, 1.807) is 19.1 Å². The minimum Gasteiger partial charge on any atom is -0.491 e. The molecule has 2 atom stereocenters. The Kier molecular flexibility index (Phi) is 2.81. The van der Waals surface area contributed by atoms with E-state index < -0.39 is 11.8 Å². The molecule has 1 N–H and O–H groups in total. The van der Waals surface area contributed by atoms with E-state index in [0.29, 0.717) is 13.0 Å². The van der Waals surface area contributed by atoms with Gasteiger partial charge in [0, 0.05) is 0 Å². The van der Waals surface area contributed by atoms with Gasteiger partial charge in [-0.25, -0.2) is 4.39 Å². The normalized spacial score (nSPS) is 22.9. The Balaban J connectivity index is 2.17. The molecule has 1 aromatic rings. The van der Waals surface area contributed by atoms with E-state index in [2.05, 4.69) is 0 Å². The maximum atomic E-state index is 13.3. The maximum absolute atomic E-state index is 13.3. The zero-order valence-electron chi connectivity index (χ0n) is 8.94. The van der Waals surface area contributed by atoms with Gasteiger partial charge in [-0.3, -0.25) is 4.79 Å². The molecule has 1 aliphatic rings. The Morgan fingerprint density at radius 1 is 1.62 bits per heavy atom. The van der Waals surface area contributed by atoms with Gasteiger partial charge in [0.25, 0.3) is 0 Å². The third-order valence-electron chi connectivity index (χ3n) is 2.79. The van der Waals surface area contributed by atoms with Gasteiger partial charge in [0.15, 0.2) is 11.6 Å². The van der Waals surface area contributed by atoms with Crippen molar-refractivity contribution in [2.24, 2.45) is 5.92 Å². The van der Waals surface area contributed by atoms with E-state index in [1.165, 1.54) is 6.07 Å². The molecule has 0 saturated heterocycles. The second kappa shape index (κ2) is 4.12. The zero-order chi connectivity index (χ0) is 11.7. The van der Waals surface area contributed by atoms with Gasteiger partial charge in [-0.2, -0.15) is 0 Å². The van der Waals surface area contributed by atoms with Crippen LogP contribution in [0.5, 0.6) is 5.75 Å². The molecular formula is C12H13FO3. The zero-order valence-corrected chi connectivity index (χ0v) is 8.94. The van der Waals surface area contributed by atoms with E-state index >= 15 is 0 Å². The molecule has 16 heavy (non-hydrogen) atoms. The van der Waals surface area contributed by atoms with E-state index in [-0.39, 0.29) is 17.6 Å². The second-order valence-corrected chi connectivity index (χ2v) is 3.91. The molecule has 1 fully saturated rings. The van der Waals surface area contributed by atoms with Crippen LogP contribution in [-0.4, -0.2) is 17.7 Å². The number of ether oxygens (including phenoxy) is 1. The quantitative estimate of drug-likeness (QED) is 0.854. The first kappa shape index (κ1) is 10.9. The molecule has 3 nitrogen and oxygen atoms in total. The number of halogens is 1. The molecule has 0 aliphatic heterocycles. The van der Waals surface area contributed by atoms with Crippen molar-refractivity contribution in [2.45, 2.75) is 19.3 Å². The van der Waals surface area contributed by atoms with Crippen molar-refractivity contribution in [3.63, 3.8) is 0 Å². The molecule has 0 amide bonds. The van der Waals surface area contributed by atoms with Crippen LogP contribution in [0.4, 0.5) is 4.39 Å². The number of carboxylic acids is 1. The molecule has 0 radical (unpaired) electrons. The minimum atomic E-state index is -0.785. The van der Waals surface area contributed by atoms with E-state index in [4.69, 9.17) is 9.84 Å². The Labute approximate surface area is 92.9 Å². The summed E-state index contributed by atoms with van der Waals surface area (Å²) in [5.74, 6) is -1.29. The highest BCUT2D eigenvalue weighted by atomic mass is 19.1. The van der Waals surface area contributed by atoms with E-state index in [0.717, 1.165) is 5.56 Å². The molecular weight excluding hydrogens is 211 g/mol. The van der Waals surface area contributed by atoms with Gasteiger partial charge in [0.2, 0.25) is 0 Å². The average molecular weight is 224 g/mol. The largest absolute Gasteiger partial charge is 0.491 e. The Morgan fingerprint density at radius 3 is 2.94 bits per heavy atom. The Bertz CT molecular complexity index is 417. The molecule has 1 aliphatic carbocycles. The Morgan fingerprint density at radius 2 is 2.38 bits per heavy atom. The maximum Gasteiger partial charge on any atom is 0.307 e. The summed E-state index contributed by atoms with van der Waals surface area (Å²) < 4.78 is 18.4. The van der Waals surface area contributed by atoms with E-state index in [1.807, 2.05) is 0 Å². The smallest absolute Gasteiger partial charge is 0.307 e. The topological polar surface area (TPSA) is 46.5 Å². The molecule has 86 valence electrons. The lowest BCUT2D eigenvalue weighted by molar-refractivity contribution is -0.138. The highest BCUT2D eigenvalue weighted by molar-refractivity contribution is 5.75. The van der Waals surface area contributed by atoms with Crippen molar-refractivity contribution < 1.29 is 19.0 Å². The van der Waals surface area contributed by atoms with Crippen LogP contribution in [0.2, 0.25) is 0 Å². The van der Waals surface area contributed by atoms with Crippen LogP contribution in [0.15, 0.2) is 18.2 Å². The molecule has 0 spiro atoms. The first-order chi connectivity index (χ1) is 7.63. The van der Waals surface area contributed by atoms with Crippen molar-refractivity contribution in [1.29, 1.82) is 0 Å². The summed E-state index contributed by atoms with van der Waals surface area (Å²) in [5, 5.41) is 8.81. The summed E-state index contributed by atoms with van der Waals surface area (Å²) >= 11 is 0. The molecule has 1 saturated carbocycles. The van der Waals surface area contributed by atoms with Crippen molar-refractivity contribution >= 4 is 5.97 Å². The average Bonchev–Trinajstić information content (AvgIpc) is 3.01. The molecule has 2 unspecified atom stereocenters. The van der Waals surface area contributed by atoms with Gasteiger partial charge < -0.3 is 9.84 Å². The van der Waals surface area contributed by atoms with Crippen LogP contribution < -0.4 is 4.74 Å². The number of hydrogen-bond acceptors (Lipinski definition) is 2. The first-order valence-electron chi connectivity index (χ1n) is 5.28. The first-order valence-corrected chi connectivity index (χ1v) is 5.28. The number of rotatable bonds is 4. The molecule has 0 aromatic heterocycles. The predicted octanol–water partition coefficient (Wildman–Crippen LogP) is 2.41. The standard InChI is InChI=1S/C12H13FO3/c1-2-16-11-5-7(3-4-10(11)13)8-6-9(8)12(14)15/h3-5,8-9H,2,6H2,1H3,(H,14,15). The summed E-state index contributed by atoms with van der Waals surface area (Å²) in [7, 11) is 0. The monoisotopic (exact) mass is 224 g/mol. The van der Waals surface area contributed by atoms with Crippen molar-refractivity contribution in [3.05, 3.63) is 29.6 Å². The summed E-state index contributed by atoms with van der Waals surface area (Å²) in [6, 6.07) is 4.56. The third-order valence-corrected chi connectivity index (χ3v) is 2.79. The summed E-state index contributed by atoms with van der Waals surface area (Å²) in [6.45, 7) is 2.18. The van der Waals surface area contributed by atoms with Crippen molar-refractivity contribution in [3.8, 4) is 5.75 Å². The van der Waals surface area contributed by atoms with Gasteiger partial charge in [-0.05, 0) is 37.0 Å². The van der Waals surface area contributed by atoms with Crippen LogP contribution >= 0.6 is 0 Å². The van der Waals surface area contributed by atoms with Crippen LogP contribution in [-0.2, 0) is 4.79 Å². The third kappa shape index (κ3) is 2.01. The van der Waals surface area contributed by atoms with Gasteiger partial charge in [-0.15, -0.1) is 0 Å². The SMILES string of the molecule is CCOc1cc(C2CC2C(=O)O)ccc1F. The van der Waals surface area contributed by atoms with Gasteiger partial charge in [-0.1, -0.05) is 6.07 Å². The molecule has 2 rings (SSSR count). The highest BCUT2D eigenvalue weighted by Gasteiger charge is 2.44. The number of carboxylic acid groups (broad SMARTS) is 1. The van der Waals surface area contributed by atoms with Crippen LogP contribution in [0.25, 0.3) is 0 Å². The summed E-state index contributed by atoms with van der Waals surface area (Å²) in [4.78, 5) is 10.7. The lowest BCUT2D eigenvalue weighted by Crippen LogP contribution is -2.00. The van der Waals surface area contributed by atoms with Crippen LogP contribution in [0.1, 0.15) is 24.8 Å². The van der Waals surface area contributed by atoms with Gasteiger partial charge >= 0.3 is 5.97 Å². The number of carbonyl (C=O) groups is 1. The number of hydrogen-bond donors (Lipinski definition) is 1. The van der Waals surface area contributed by atoms with E-state index in [9.17, 15) is 9.18 Å². The fourth-order valence-corrected chi connectivity index (χ4v) is 1.85. The summed E-state index contributed by atoms with van der Waals surface area (Å²) in [6.07, 6.45) is 0.631. The fraction of sp³-hybridized carbons (Fsp3) is 0.417. The predicted molar refractivity (Wildman–Crippen MR) is 56.1 cm³/mol. The highest BCUT2D eigenvalue weighted by Crippen LogP contribution is 2.48. The van der Waals surface area contributed by atoms with Crippen LogP contribution in [0.3, 0.4) is 0 Å². The lowest BCUT2D eigenvalue weighted by Gasteiger charge is -2.06. The van der Waals surface area contributed by atoms with Crippen molar-refractivity contribution in [2.75, 3.05) is 6.61 Å². The van der Waals surface area contributed by atoms with Gasteiger partial charge in [0.1, 0.15) is 0 Å². The van der Waals surface area contributed by atoms with Crippen LogP contribution in [0, 0.1) is 11.7 Å². The number of aliphatic carboxylic acids is 1. The van der Waals surface area contributed by atoms with Gasteiger partial charge in [0.05, 0.1) is 12.5 Å². The molecule has 1 aromatic carbocycles. The second-order valence-electron chi connectivity index (χ2n) is 3.91. The molecule has 0 bridgehead atoms. The molecule has 4 heteroatoms. The minimum absolute atomic E-state index is 0.0114. The van der Waals surface area contributed by atoms with Crippen molar-refractivity contribution in [1.82, 2.24) is 0 Å². The lowest BCUT2D eigenvalue weighted by atomic mass is 10.1. The Hall–Kier alpha value is -1.58.